The lowest BCUT2D eigenvalue weighted by molar-refractivity contribution is -0.0856. The number of aliphatic hydroxyl groups is 1. The molecular formula is C17H32O2. The quantitative estimate of drug-likeness (QED) is 0.811. The van der Waals surface area contributed by atoms with E-state index in [0.29, 0.717) is 11.8 Å². The van der Waals surface area contributed by atoms with Gasteiger partial charge in [-0.25, -0.2) is 0 Å². The molecule has 0 spiro atoms. The van der Waals surface area contributed by atoms with Gasteiger partial charge in [0.25, 0.3) is 0 Å². The monoisotopic (exact) mass is 268 g/mol. The van der Waals surface area contributed by atoms with Gasteiger partial charge in [0.05, 0.1) is 12.2 Å². The molecule has 2 rings (SSSR count). The van der Waals surface area contributed by atoms with Crippen LogP contribution in [0.3, 0.4) is 0 Å². The highest BCUT2D eigenvalue weighted by atomic mass is 16.5. The maximum Gasteiger partial charge on any atom is 0.0860 e. The first-order valence-electron chi connectivity index (χ1n) is 8.47. The number of aliphatic hydroxyl groups excluding tert-OH is 1. The number of methoxy groups -OCH3 is 1. The Balaban J connectivity index is 1.87. The number of ether oxygens (including phenoxy) is 1. The van der Waals surface area contributed by atoms with Gasteiger partial charge in [-0.1, -0.05) is 45.4 Å². The lowest BCUT2D eigenvalue weighted by atomic mass is 9.74. The molecule has 0 aromatic heterocycles. The Morgan fingerprint density at radius 1 is 0.947 bits per heavy atom. The molecule has 112 valence electrons. The Bertz CT molecular complexity index is 240. The molecular weight excluding hydrogens is 236 g/mol. The van der Waals surface area contributed by atoms with Crippen molar-refractivity contribution in [2.45, 2.75) is 83.3 Å². The third kappa shape index (κ3) is 3.95. The zero-order valence-electron chi connectivity index (χ0n) is 12.8. The third-order valence-corrected chi connectivity index (χ3v) is 5.67. The summed E-state index contributed by atoms with van der Waals surface area (Å²) in [5, 5.41) is 10.7. The molecule has 1 N–H and O–H groups in total. The molecule has 0 aliphatic heterocycles. The van der Waals surface area contributed by atoms with Gasteiger partial charge in [0.15, 0.2) is 0 Å². The fourth-order valence-electron chi connectivity index (χ4n) is 4.28. The van der Waals surface area contributed by atoms with Gasteiger partial charge in [0.2, 0.25) is 0 Å². The molecule has 2 unspecified atom stereocenters. The summed E-state index contributed by atoms with van der Waals surface area (Å²) >= 11 is 0. The van der Waals surface area contributed by atoms with Gasteiger partial charge in [-0.2, -0.15) is 0 Å². The fourth-order valence-corrected chi connectivity index (χ4v) is 4.28. The highest BCUT2D eigenvalue weighted by Crippen LogP contribution is 2.37. The van der Waals surface area contributed by atoms with Crippen molar-refractivity contribution in [3.8, 4) is 0 Å². The summed E-state index contributed by atoms with van der Waals surface area (Å²) in [5.74, 6) is 1.98. The topological polar surface area (TPSA) is 29.5 Å². The average molecular weight is 268 g/mol. The van der Waals surface area contributed by atoms with Crippen LogP contribution in [-0.2, 0) is 4.74 Å². The van der Waals surface area contributed by atoms with E-state index in [4.69, 9.17) is 4.74 Å². The Morgan fingerprint density at radius 2 is 1.58 bits per heavy atom. The molecule has 0 saturated heterocycles. The molecule has 0 aromatic rings. The molecule has 2 aliphatic carbocycles. The highest BCUT2D eigenvalue weighted by molar-refractivity contribution is 4.86. The van der Waals surface area contributed by atoms with E-state index in [1.54, 1.807) is 7.11 Å². The Hall–Kier alpha value is -0.0800. The first-order valence-corrected chi connectivity index (χ1v) is 8.47. The number of hydrogen-bond acceptors (Lipinski definition) is 2. The molecule has 0 amide bonds. The Labute approximate surface area is 118 Å². The van der Waals surface area contributed by atoms with Crippen molar-refractivity contribution < 1.29 is 9.84 Å². The molecule has 2 nitrogen and oxygen atoms in total. The van der Waals surface area contributed by atoms with Gasteiger partial charge in [0.1, 0.15) is 0 Å². The minimum Gasteiger partial charge on any atom is -0.390 e. The first kappa shape index (κ1) is 15.3. The molecule has 2 heteroatoms. The Kier molecular flexibility index (Phi) is 6.15. The van der Waals surface area contributed by atoms with Gasteiger partial charge in [-0.3, -0.25) is 0 Å². The summed E-state index contributed by atoms with van der Waals surface area (Å²) in [5.41, 5.74) is 0. The zero-order chi connectivity index (χ0) is 13.7. The molecule has 2 fully saturated rings. The smallest absolute Gasteiger partial charge is 0.0860 e. The van der Waals surface area contributed by atoms with E-state index >= 15 is 0 Å². The van der Waals surface area contributed by atoms with E-state index in [0.717, 1.165) is 5.92 Å². The van der Waals surface area contributed by atoms with E-state index < -0.39 is 0 Å². The first-order chi connectivity index (χ1) is 9.26. The zero-order valence-corrected chi connectivity index (χ0v) is 12.8. The second-order valence-corrected chi connectivity index (χ2v) is 6.78. The standard InChI is InChI=1S/C17H32O2/c1-3-13-9-11-14(12-10-13)16(18)17(19-2)15-7-5-4-6-8-15/h13-18H,3-12H2,1-2H3. The predicted molar refractivity (Wildman–Crippen MR) is 79.1 cm³/mol. The van der Waals surface area contributed by atoms with Crippen LogP contribution >= 0.6 is 0 Å². The van der Waals surface area contributed by atoms with Crippen LogP contribution in [0.2, 0.25) is 0 Å². The summed E-state index contributed by atoms with van der Waals surface area (Å²) in [4.78, 5) is 0. The van der Waals surface area contributed by atoms with Gasteiger partial charge < -0.3 is 9.84 Å². The normalized spacial score (nSPS) is 33.0. The second kappa shape index (κ2) is 7.64. The van der Waals surface area contributed by atoms with Crippen LogP contribution in [0.15, 0.2) is 0 Å². The van der Waals surface area contributed by atoms with Gasteiger partial charge in [-0.05, 0) is 43.4 Å². The van der Waals surface area contributed by atoms with Gasteiger partial charge in [-0.15, -0.1) is 0 Å². The largest absolute Gasteiger partial charge is 0.390 e. The summed E-state index contributed by atoms with van der Waals surface area (Å²) in [6.45, 7) is 2.29. The van der Waals surface area contributed by atoms with Crippen LogP contribution in [0.4, 0.5) is 0 Å². The van der Waals surface area contributed by atoms with Crippen LogP contribution < -0.4 is 0 Å². The SMILES string of the molecule is CCC1CCC(C(O)C(OC)C2CCCCC2)CC1. The number of rotatable bonds is 5. The van der Waals surface area contributed by atoms with E-state index in [9.17, 15) is 5.11 Å². The van der Waals surface area contributed by atoms with Crippen molar-refractivity contribution in [3.05, 3.63) is 0 Å². The van der Waals surface area contributed by atoms with E-state index in [1.165, 1.54) is 64.2 Å². The van der Waals surface area contributed by atoms with Crippen LogP contribution in [0.5, 0.6) is 0 Å². The van der Waals surface area contributed by atoms with Crippen molar-refractivity contribution in [3.63, 3.8) is 0 Å². The molecule has 2 atom stereocenters. The summed E-state index contributed by atoms with van der Waals surface area (Å²) < 4.78 is 5.71. The second-order valence-electron chi connectivity index (χ2n) is 6.78. The lowest BCUT2D eigenvalue weighted by Crippen LogP contribution is -2.42. The molecule has 2 saturated carbocycles. The van der Waals surface area contributed by atoms with Crippen molar-refractivity contribution in [2.24, 2.45) is 17.8 Å². The lowest BCUT2D eigenvalue weighted by Gasteiger charge is -2.38. The third-order valence-electron chi connectivity index (χ3n) is 5.67. The average Bonchev–Trinajstić information content (AvgIpc) is 2.49. The molecule has 0 radical (unpaired) electrons. The molecule has 2 aliphatic rings. The highest BCUT2D eigenvalue weighted by Gasteiger charge is 2.35. The molecule has 0 aromatic carbocycles. The summed E-state index contributed by atoms with van der Waals surface area (Å²) in [6, 6.07) is 0. The van der Waals surface area contributed by atoms with Crippen molar-refractivity contribution >= 4 is 0 Å². The summed E-state index contributed by atoms with van der Waals surface area (Å²) in [7, 11) is 1.79. The Morgan fingerprint density at radius 3 is 2.11 bits per heavy atom. The number of hydrogen-bond donors (Lipinski definition) is 1. The van der Waals surface area contributed by atoms with Crippen molar-refractivity contribution in [1.82, 2.24) is 0 Å². The minimum atomic E-state index is -0.231. The van der Waals surface area contributed by atoms with Crippen LogP contribution in [0.25, 0.3) is 0 Å². The maximum atomic E-state index is 10.7. The molecule has 0 heterocycles. The van der Waals surface area contributed by atoms with Crippen LogP contribution in [-0.4, -0.2) is 24.4 Å². The maximum absolute atomic E-state index is 10.7. The van der Waals surface area contributed by atoms with Crippen LogP contribution in [0, 0.1) is 17.8 Å². The van der Waals surface area contributed by atoms with Crippen molar-refractivity contribution in [2.75, 3.05) is 7.11 Å². The predicted octanol–water partition coefficient (Wildman–Crippen LogP) is 4.16. The molecule has 19 heavy (non-hydrogen) atoms. The fraction of sp³-hybridized carbons (Fsp3) is 1.00. The summed E-state index contributed by atoms with van der Waals surface area (Å²) in [6.07, 6.45) is 12.7. The molecule has 0 bridgehead atoms. The van der Waals surface area contributed by atoms with Crippen molar-refractivity contribution in [1.29, 1.82) is 0 Å². The minimum absolute atomic E-state index is 0.0866. The van der Waals surface area contributed by atoms with E-state index in [-0.39, 0.29) is 12.2 Å². The van der Waals surface area contributed by atoms with E-state index in [2.05, 4.69) is 6.92 Å². The van der Waals surface area contributed by atoms with E-state index in [1.807, 2.05) is 0 Å². The van der Waals surface area contributed by atoms with Gasteiger partial charge >= 0.3 is 0 Å². The van der Waals surface area contributed by atoms with Gasteiger partial charge in [0, 0.05) is 7.11 Å². The van der Waals surface area contributed by atoms with Crippen LogP contribution in [0.1, 0.15) is 71.1 Å².